The molecule has 0 radical (unpaired) electrons. The average Bonchev–Trinajstić information content (AvgIpc) is 2.66. The fourth-order valence-corrected chi connectivity index (χ4v) is 0.995. The summed E-state index contributed by atoms with van der Waals surface area (Å²) in [5.41, 5.74) is 0. The largest absolute Gasteiger partial charge is 0.466 e. The second-order valence-electron chi connectivity index (χ2n) is 2.49. The van der Waals surface area contributed by atoms with Gasteiger partial charge in [-0.05, 0) is 19.3 Å². The van der Waals surface area contributed by atoms with Crippen molar-refractivity contribution in [3.63, 3.8) is 0 Å². The summed E-state index contributed by atoms with van der Waals surface area (Å²) < 4.78 is 4.81. The molecule has 2 atom stereocenters. The maximum atomic E-state index is 10.9. The van der Waals surface area contributed by atoms with Crippen molar-refractivity contribution in [3.05, 3.63) is 12.7 Å². The average molecular weight is 140 g/mol. The lowest BCUT2D eigenvalue weighted by atomic mass is 10.3. The number of hydrogen-bond donors (Lipinski definition) is 0. The molecule has 1 fully saturated rings. The molecule has 0 aromatic heterocycles. The van der Waals surface area contributed by atoms with Crippen molar-refractivity contribution < 1.29 is 9.53 Å². The van der Waals surface area contributed by atoms with Crippen molar-refractivity contribution >= 4 is 5.97 Å². The molecule has 2 heteroatoms. The van der Waals surface area contributed by atoms with E-state index in [1.807, 2.05) is 13.0 Å². The number of rotatable bonds is 3. The van der Waals surface area contributed by atoms with Gasteiger partial charge in [-0.1, -0.05) is 6.08 Å². The van der Waals surface area contributed by atoms with Crippen molar-refractivity contribution in [1.82, 2.24) is 0 Å². The second-order valence-corrected chi connectivity index (χ2v) is 2.49. The lowest BCUT2D eigenvalue weighted by Crippen LogP contribution is -2.06. The van der Waals surface area contributed by atoms with Crippen molar-refractivity contribution in [2.75, 3.05) is 6.61 Å². The first-order chi connectivity index (χ1) is 4.79. The van der Waals surface area contributed by atoms with Gasteiger partial charge in [0, 0.05) is 0 Å². The van der Waals surface area contributed by atoms with Gasteiger partial charge in [-0.25, -0.2) is 0 Å². The smallest absolute Gasteiger partial charge is 0.309 e. The Hall–Kier alpha value is -0.790. The molecule has 1 rings (SSSR count). The molecule has 1 saturated carbocycles. The van der Waals surface area contributed by atoms with Crippen molar-refractivity contribution in [2.45, 2.75) is 13.3 Å². The Morgan fingerprint density at radius 3 is 3.00 bits per heavy atom. The van der Waals surface area contributed by atoms with Crippen LogP contribution < -0.4 is 0 Å². The predicted molar refractivity (Wildman–Crippen MR) is 38.4 cm³/mol. The molecule has 0 spiro atoms. The monoisotopic (exact) mass is 140 g/mol. The topological polar surface area (TPSA) is 26.3 Å². The van der Waals surface area contributed by atoms with E-state index >= 15 is 0 Å². The molecule has 0 saturated heterocycles. The number of hydrogen-bond acceptors (Lipinski definition) is 2. The first-order valence-electron chi connectivity index (χ1n) is 3.58. The molecule has 10 heavy (non-hydrogen) atoms. The minimum absolute atomic E-state index is 0.0626. The zero-order chi connectivity index (χ0) is 7.56. The molecule has 0 aliphatic heterocycles. The van der Waals surface area contributed by atoms with Gasteiger partial charge in [-0.15, -0.1) is 6.58 Å². The van der Waals surface area contributed by atoms with E-state index in [2.05, 4.69) is 6.58 Å². The molecule has 1 aliphatic rings. The zero-order valence-electron chi connectivity index (χ0n) is 6.17. The molecule has 0 N–H and O–H groups in total. The SMILES string of the molecule is C=C[C@@H]1C[C@@H]1C(=O)OCC. The van der Waals surface area contributed by atoms with Crippen LogP contribution in [0.3, 0.4) is 0 Å². The summed E-state index contributed by atoms with van der Waals surface area (Å²) in [5.74, 6) is 0.448. The Kier molecular flexibility index (Phi) is 2.10. The van der Waals surface area contributed by atoms with Crippen LogP contribution in [0, 0.1) is 11.8 Å². The van der Waals surface area contributed by atoms with E-state index in [-0.39, 0.29) is 11.9 Å². The van der Waals surface area contributed by atoms with Crippen molar-refractivity contribution in [1.29, 1.82) is 0 Å². The van der Waals surface area contributed by atoms with Gasteiger partial charge in [-0.3, -0.25) is 4.79 Å². The number of allylic oxidation sites excluding steroid dienone is 1. The molecule has 0 aromatic carbocycles. The normalized spacial score (nSPS) is 29.3. The van der Waals surface area contributed by atoms with Crippen LogP contribution in [0.1, 0.15) is 13.3 Å². The lowest BCUT2D eigenvalue weighted by Gasteiger charge is -1.97. The molecule has 1 aliphatic carbocycles. The van der Waals surface area contributed by atoms with E-state index in [9.17, 15) is 4.79 Å². The lowest BCUT2D eigenvalue weighted by molar-refractivity contribution is -0.144. The number of ether oxygens (including phenoxy) is 1. The van der Waals surface area contributed by atoms with Crippen LogP contribution in [0.2, 0.25) is 0 Å². The van der Waals surface area contributed by atoms with Crippen LogP contribution in [-0.2, 0) is 9.53 Å². The number of carbonyl (C=O) groups is 1. The Labute approximate surface area is 60.9 Å². The van der Waals surface area contributed by atoms with Crippen LogP contribution >= 0.6 is 0 Å². The maximum absolute atomic E-state index is 10.9. The summed E-state index contributed by atoms with van der Waals surface area (Å²) in [7, 11) is 0. The first kappa shape index (κ1) is 7.32. The molecule has 56 valence electrons. The van der Waals surface area contributed by atoms with E-state index in [1.165, 1.54) is 0 Å². The van der Waals surface area contributed by atoms with Crippen molar-refractivity contribution in [3.8, 4) is 0 Å². The first-order valence-corrected chi connectivity index (χ1v) is 3.58. The van der Waals surface area contributed by atoms with Gasteiger partial charge in [0.1, 0.15) is 0 Å². The van der Waals surface area contributed by atoms with Gasteiger partial charge in [0.15, 0.2) is 0 Å². The van der Waals surface area contributed by atoms with Gasteiger partial charge >= 0.3 is 5.97 Å². The molecule has 2 nitrogen and oxygen atoms in total. The Bertz CT molecular complexity index is 151. The number of carbonyl (C=O) groups excluding carboxylic acids is 1. The summed E-state index contributed by atoms with van der Waals surface area (Å²) in [4.78, 5) is 10.9. The molecule has 0 bridgehead atoms. The van der Waals surface area contributed by atoms with E-state index < -0.39 is 0 Å². The predicted octanol–water partition coefficient (Wildman–Crippen LogP) is 1.37. The molecule has 0 heterocycles. The van der Waals surface area contributed by atoms with Crippen LogP contribution in [0.15, 0.2) is 12.7 Å². The highest BCUT2D eigenvalue weighted by Crippen LogP contribution is 2.39. The highest BCUT2D eigenvalue weighted by Gasteiger charge is 2.41. The summed E-state index contributed by atoms with van der Waals surface area (Å²) in [6.45, 7) is 5.92. The standard InChI is InChI=1S/C8H12O2/c1-3-6-5-7(6)8(9)10-4-2/h3,6-7H,1,4-5H2,2H3/t6-,7+/m1/s1. The van der Waals surface area contributed by atoms with Gasteiger partial charge < -0.3 is 4.74 Å². The van der Waals surface area contributed by atoms with Gasteiger partial charge in [0.05, 0.1) is 12.5 Å². The third-order valence-electron chi connectivity index (χ3n) is 1.73. The van der Waals surface area contributed by atoms with E-state index in [0.29, 0.717) is 12.5 Å². The summed E-state index contributed by atoms with van der Waals surface area (Å²) >= 11 is 0. The van der Waals surface area contributed by atoms with Crippen LogP contribution in [0.5, 0.6) is 0 Å². The van der Waals surface area contributed by atoms with Gasteiger partial charge in [0.2, 0.25) is 0 Å². The Balaban J connectivity index is 2.25. The third-order valence-corrected chi connectivity index (χ3v) is 1.73. The molecule has 0 unspecified atom stereocenters. The van der Waals surface area contributed by atoms with Gasteiger partial charge in [-0.2, -0.15) is 0 Å². The van der Waals surface area contributed by atoms with Crippen molar-refractivity contribution in [2.24, 2.45) is 11.8 Å². The van der Waals surface area contributed by atoms with E-state index in [4.69, 9.17) is 4.74 Å². The Morgan fingerprint density at radius 1 is 1.90 bits per heavy atom. The van der Waals surface area contributed by atoms with E-state index in [1.54, 1.807) is 0 Å². The third kappa shape index (κ3) is 1.38. The summed E-state index contributed by atoms with van der Waals surface area (Å²) in [6.07, 6.45) is 2.75. The highest BCUT2D eigenvalue weighted by molar-refractivity contribution is 5.76. The molecule has 0 amide bonds. The summed E-state index contributed by atoms with van der Waals surface area (Å²) in [6, 6.07) is 0. The maximum Gasteiger partial charge on any atom is 0.309 e. The second kappa shape index (κ2) is 2.86. The fraction of sp³-hybridized carbons (Fsp3) is 0.625. The molecular formula is C8H12O2. The molecular weight excluding hydrogens is 128 g/mol. The van der Waals surface area contributed by atoms with Crippen LogP contribution in [0.25, 0.3) is 0 Å². The fourth-order valence-electron chi connectivity index (χ4n) is 0.995. The highest BCUT2D eigenvalue weighted by atomic mass is 16.5. The summed E-state index contributed by atoms with van der Waals surface area (Å²) in [5, 5.41) is 0. The van der Waals surface area contributed by atoms with Crippen LogP contribution in [-0.4, -0.2) is 12.6 Å². The minimum Gasteiger partial charge on any atom is -0.466 e. The molecule has 0 aromatic rings. The number of esters is 1. The van der Waals surface area contributed by atoms with Crippen LogP contribution in [0.4, 0.5) is 0 Å². The quantitative estimate of drug-likeness (QED) is 0.437. The zero-order valence-corrected chi connectivity index (χ0v) is 6.17. The Morgan fingerprint density at radius 2 is 2.60 bits per heavy atom. The van der Waals surface area contributed by atoms with Gasteiger partial charge in [0.25, 0.3) is 0 Å². The van der Waals surface area contributed by atoms with E-state index in [0.717, 1.165) is 6.42 Å². The minimum atomic E-state index is -0.0626.